The van der Waals surface area contributed by atoms with Crippen LogP contribution >= 0.6 is 23.2 Å². The number of nitrogens with zero attached hydrogens (tertiary/aromatic N) is 2. The van der Waals surface area contributed by atoms with Crippen LogP contribution in [0.1, 0.15) is 67.4 Å². The molecule has 35 heavy (non-hydrogen) atoms. The van der Waals surface area contributed by atoms with Crippen LogP contribution in [0, 0.1) is 11.3 Å². The first-order chi connectivity index (χ1) is 16.9. The number of hydrogen-bond donors (Lipinski definition) is 0. The van der Waals surface area contributed by atoms with Crippen molar-refractivity contribution >= 4 is 29.1 Å². The number of carbonyl (C=O) groups excluding carboxylic acids is 1. The summed E-state index contributed by atoms with van der Waals surface area (Å²) in [6.07, 6.45) is 7.22. The minimum Gasteiger partial charge on any atom is -0.326 e. The van der Waals surface area contributed by atoms with Crippen molar-refractivity contribution in [1.29, 1.82) is 0 Å². The van der Waals surface area contributed by atoms with E-state index in [1.807, 2.05) is 54.7 Å². The summed E-state index contributed by atoms with van der Waals surface area (Å²) in [4.78, 5) is 21.4. The number of amides is 1. The number of piperidine rings is 1. The molecule has 3 nitrogen and oxygen atoms in total. The highest BCUT2D eigenvalue weighted by molar-refractivity contribution is 6.30. The third-order valence-corrected chi connectivity index (χ3v) is 8.03. The number of allylic oxidation sites excluding steroid dienone is 1. The highest BCUT2D eigenvalue weighted by Gasteiger charge is 2.54. The molecule has 1 saturated carbocycles. The summed E-state index contributed by atoms with van der Waals surface area (Å²) in [7, 11) is 0. The average Bonchev–Trinajstić information content (AvgIpc) is 3.69. The van der Waals surface area contributed by atoms with Gasteiger partial charge in [-0.05, 0) is 79.1 Å². The highest BCUT2D eigenvalue weighted by Crippen LogP contribution is 2.57. The predicted octanol–water partition coefficient (Wildman–Crippen LogP) is 8.18. The maximum Gasteiger partial charge on any atom is 0.229 e. The lowest BCUT2D eigenvalue weighted by Crippen LogP contribution is -2.53. The van der Waals surface area contributed by atoms with Gasteiger partial charge in [0.25, 0.3) is 0 Å². The van der Waals surface area contributed by atoms with E-state index >= 15 is 0 Å². The number of likely N-dealkylation sites (tertiary alicyclic amines) is 1. The molecule has 1 aliphatic carbocycles. The Labute approximate surface area is 217 Å². The molecular formula is C30H30Cl2N2O. The minimum atomic E-state index is -0.570. The zero-order valence-electron chi connectivity index (χ0n) is 19.9. The van der Waals surface area contributed by atoms with Crippen LogP contribution in [0.25, 0.3) is 0 Å². The monoisotopic (exact) mass is 504 g/mol. The molecule has 2 aromatic carbocycles. The van der Waals surface area contributed by atoms with E-state index in [1.54, 1.807) is 0 Å². The van der Waals surface area contributed by atoms with Crippen LogP contribution in [0.2, 0.25) is 10.0 Å². The van der Waals surface area contributed by atoms with E-state index in [4.69, 9.17) is 28.2 Å². The topological polar surface area (TPSA) is 33.2 Å². The lowest BCUT2D eigenvalue weighted by atomic mass is 9.67. The summed E-state index contributed by atoms with van der Waals surface area (Å²) in [5.41, 5.74) is 2.60. The van der Waals surface area contributed by atoms with Gasteiger partial charge < -0.3 is 4.90 Å². The van der Waals surface area contributed by atoms with Crippen molar-refractivity contribution < 1.29 is 4.79 Å². The molecule has 0 bridgehead atoms. The number of pyridine rings is 1. The van der Waals surface area contributed by atoms with Gasteiger partial charge in [0.05, 0.1) is 23.2 Å². The maximum atomic E-state index is 14.5. The van der Waals surface area contributed by atoms with Crippen molar-refractivity contribution in [1.82, 2.24) is 9.88 Å². The lowest BCUT2D eigenvalue weighted by Gasteiger charge is -2.52. The fraction of sp³-hybridized carbons (Fsp3) is 0.333. The van der Waals surface area contributed by atoms with E-state index < -0.39 is 5.41 Å². The molecule has 5 rings (SSSR count). The molecule has 2 fully saturated rings. The molecule has 3 aromatic rings. The predicted molar refractivity (Wildman–Crippen MR) is 142 cm³/mol. The first kappa shape index (κ1) is 24.1. The van der Waals surface area contributed by atoms with Crippen molar-refractivity contribution in [3.63, 3.8) is 0 Å². The van der Waals surface area contributed by atoms with E-state index in [0.29, 0.717) is 28.8 Å². The SMILES string of the molecule is C=CCC1(C)C[C@H](c2cccc(Cl)c2)C(c2ccc(Cl)cc2)N([C@H](c2ccccn2)C2CC2)C1=O. The van der Waals surface area contributed by atoms with Gasteiger partial charge in [0, 0.05) is 22.2 Å². The molecular weight excluding hydrogens is 475 g/mol. The molecule has 2 heterocycles. The lowest BCUT2D eigenvalue weighted by molar-refractivity contribution is -0.155. The largest absolute Gasteiger partial charge is 0.326 e. The third-order valence-electron chi connectivity index (χ3n) is 7.54. The van der Waals surface area contributed by atoms with Gasteiger partial charge in [-0.1, -0.05) is 66.5 Å². The van der Waals surface area contributed by atoms with Gasteiger partial charge in [-0.3, -0.25) is 9.78 Å². The smallest absolute Gasteiger partial charge is 0.229 e. The van der Waals surface area contributed by atoms with Gasteiger partial charge in [-0.25, -0.2) is 0 Å². The fourth-order valence-electron chi connectivity index (χ4n) is 5.77. The van der Waals surface area contributed by atoms with Crippen molar-refractivity contribution in [2.75, 3.05) is 0 Å². The van der Waals surface area contributed by atoms with Gasteiger partial charge in [-0.15, -0.1) is 6.58 Å². The number of aromatic nitrogens is 1. The second-order valence-electron chi connectivity index (χ2n) is 10.2. The van der Waals surface area contributed by atoms with Crippen molar-refractivity contribution in [2.45, 2.75) is 50.6 Å². The molecule has 5 heteroatoms. The Balaban J connectivity index is 1.72. The second kappa shape index (κ2) is 9.79. The van der Waals surface area contributed by atoms with Crippen LogP contribution in [0.4, 0.5) is 0 Å². The summed E-state index contributed by atoms with van der Waals surface area (Å²) >= 11 is 12.7. The molecule has 4 atom stereocenters. The maximum absolute atomic E-state index is 14.5. The Bertz CT molecular complexity index is 1210. The Hall–Kier alpha value is -2.62. The normalized spacial score (nSPS) is 25.3. The van der Waals surface area contributed by atoms with Crippen LogP contribution in [0.15, 0.2) is 85.6 Å². The number of benzene rings is 2. The summed E-state index contributed by atoms with van der Waals surface area (Å²) in [6, 6.07) is 21.8. The molecule has 2 aliphatic rings. The van der Waals surface area contributed by atoms with Crippen LogP contribution in [-0.2, 0) is 4.79 Å². The van der Waals surface area contributed by atoms with Gasteiger partial charge in [0.1, 0.15) is 0 Å². The molecule has 180 valence electrons. The zero-order valence-corrected chi connectivity index (χ0v) is 21.4. The first-order valence-corrected chi connectivity index (χ1v) is 13.0. The molecule has 2 unspecified atom stereocenters. The first-order valence-electron chi connectivity index (χ1n) is 12.3. The molecule has 0 spiro atoms. The number of rotatable bonds is 7. The number of hydrogen-bond acceptors (Lipinski definition) is 2. The molecule has 1 aromatic heterocycles. The van der Waals surface area contributed by atoms with Crippen LogP contribution < -0.4 is 0 Å². The van der Waals surface area contributed by atoms with Crippen LogP contribution in [0.5, 0.6) is 0 Å². The Morgan fingerprint density at radius 2 is 1.83 bits per heavy atom. The number of halogens is 2. The second-order valence-corrected chi connectivity index (χ2v) is 11.0. The van der Waals surface area contributed by atoms with Gasteiger partial charge in [0.2, 0.25) is 5.91 Å². The van der Waals surface area contributed by atoms with Crippen molar-refractivity contribution in [3.8, 4) is 0 Å². The summed E-state index contributed by atoms with van der Waals surface area (Å²) in [6.45, 7) is 6.08. The highest BCUT2D eigenvalue weighted by atomic mass is 35.5. The van der Waals surface area contributed by atoms with E-state index in [9.17, 15) is 4.79 Å². The molecule has 1 aliphatic heterocycles. The molecule has 1 saturated heterocycles. The van der Waals surface area contributed by atoms with Crippen molar-refractivity contribution in [3.05, 3.63) is 112 Å². The quantitative estimate of drug-likeness (QED) is 0.304. The summed E-state index contributed by atoms with van der Waals surface area (Å²) < 4.78 is 0. The fourth-order valence-corrected chi connectivity index (χ4v) is 6.09. The van der Waals surface area contributed by atoms with Crippen molar-refractivity contribution in [2.24, 2.45) is 11.3 Å². The minimum absolute atomic E-state index is 0.0579. The number of carbonyl (C=O) groups is 1. The van der Waals surface area contributed by atoms with E-state index in [2.05, 4.69) is 42.7 Å². The van der Waals surface area contributed by atoms with E-state index in [1.165, 1.54) is 0 Å². The van der Waals surface area contributed by atoms with Gasteiger partial charge in [0.15, 0.2) is 0 Å². The van der Waals surface area contributed by atoms with Crippen LogP contribution in [0.3, 0.4) is 0 Å². The molecule has 0 radical (unpaired) electrons. The van der Waals surface area contributed by atoms with Gasteiger partial charge >= 0.3 is 0 Å². The Morgan fingerprint density at radius 3 is 2.46 bits per heavy atom. The van der Waals surface area contributed by atoms with E-state index in [0.717, 1.165) is 29.7 Å². The van der Waals surface area contributed by atoms with Crippen LogP contribution in [-0.4, -0.2) is 15.8 Å². The summed E-state index contributed by atoms with van der Waals surface area (Å²) in [5.74, 6) is 0.621. The van der Waals surface area contributed by atoms with Gasteiger partial charge in [-0.2, -0.15) is 0 Å². The Morgan fingerprint density at radius 1 is 1.06 bits per heavy atom. The average molecular weight is 505 g/mol. The van der Waals surface area contributed by atoms with E-state index in [-0.39, 0.29) is 23.9 Å². The third kappa shape index (κ3) is 4.77. The zero-order chi connectivity index (χ0) is 24.6. The Kier molecular flexibility index (Phi) is 6.74. The summed E-state index contributed by atoms with van der Waals surface area (Å²) in [5, 5.41) is 1.39. The molecule has 1 amide bonds. The standard InChI is InChI=1S/C30H30Cl2N2O/c1-3-16-30(2)19-25(22-7-6-8-24(32)18-22)27(20-12-14-23(31)15-13-20)34(29(30)35)28(21-10-11-21)26-9-4-5-17-33-26/h3-9,12-15,17-18,21,25,27-28H,1,10-11,16,19H2,2H3/t25-,27?,28+,30?/m1/s1. The molecule has 0 N–H and O–H groups in total.